The number of halogens is 1. The monoisotopic (exact) mass is 249 g/mol. The van der Waals surface area contributed by atoms with Crippen LogP contribution in [0.4, 0.5) is 0 Å². The lowest BCUT2D eigenvalue weighted by Gasteiger charge is -2.20. The fourth-order valence-corrected chi connectivity index (χ4v) is 2.00. The van der Waals surface area contributed by atoms with Gasteiger partial charge in [0.15, 0.2) is 0 Å². The number of hydrogen-bond donors (Lipinski definition) is 0. The molecule has 80 valence electrons. The fourth-order valence-electron chi connectivity index (χ4n) is 1.49. The van der Waals surface area contributed by atoms with E-state index in [0.29, 0.717) is 0 Å². The molecular weight excluding hydrogens is 226 g/mol. The molecule has 0 aromatic heterocycles. The van der Waals surface area contributed by atoms with Gasteiger partial charge >= 0.3 is 0 Å². The van der Waals surface area contributed by atoms with Gasteiger partial charge < -0.3 is 4.90 Å². The molecule has 0 aliphatic heterocycles. The van der Waals surface area contributed by atoms with E-state index in [-0.39, 0.29) is 0 Å². The van der Waals surface area contributed by atoms with Crippen LogP contribution < -0.4 is 0 Å². The van der Waals surface area contributed by atoms with E-state index >= 15 is 0 Å². The Morgan fingerprint density at radius 1 is 1.15 bits per heavy atom. The highest BCUT2D eigenvalue weighted by atomic mass is 79.9. The highest BCUT2D eigenvalue weighted by Crippen LogP contribution is 2.05. The van der Waals surface area contributed by atoms with Crippen molar-refractivity contribution in [3.63, 3.8) is 0 Å². The highest BCUT2D eigenvalue weighted by molar-refractivity contribution is 9.09. The Kier molecular flexibility index (Phi) is 9.32. The lowest BCUT2D eigenvalue weighted by atomic mass is 10.1. The molecule has 0 fully saturated rings. The Morgan fingerprint density at radius 2 is 1.85 bits per heavy atom. The van der Waals surface area contributed by atoms with Crippen LogP contribution in [0.3, 0.4) is 0 Å². The van der Waals surface area contributed by atoms with Crippen LogP contribution in [-0.4, -0.2) is 29.9 Å². The Labute approximate surface area is 92.0 Å². The Bertz CT molecular complexity index is 98.3. The van der Waals surface area contributed by atoms with Gasteiger partial charge in [-0.25, -0.2) is 0 Å². The van der Waals surface area contributed by atoms with Gasteiger partial charge in [-0.05, 0) is 38.3 Å². The number of hydrogen-bond acceptors (Lipinski definition) is 1. The summed E-state index contributed by atoms with van der Waals surface area (Å²) in [5.74, 6) is 0.854. The van der Waals surface area contributed by atoms with Gasteiger partial charge in [0.1, 0.15) is 0 Å². The second-order valence-electron chi connectivity index (χ2n) is 4.07. The zero-order chi connectivity index (χ0) is 10.1. The molecule has 0 amide bonds. The van der Waals surface area contributed by atoms with Gasteiger partial charge in [-0.2, -0.15) is 0 Å². The average molecular weight is 250 g/mol. The summed E-state index contributed by atoms with van der Waals surface area (Å²) in [6, 6.07) is 0. The first-order chi connectivity index (χ1) is 6.20. The molecule has 0 heterocycles. The van der Waals surface area contributed by atoms with E-state index in [1.54, 1.807) is 0 Å². The Balaban J connectivity index is 3.44. The molecule has 0 bridgehead atoms. The van der Waals surface area contributed by atoms with Crippen LogP contribution >= 0.6 is 15.9 Å². The predicted octanol–water partition coefficient (Wildman–Crippen LogP) is 3.53. The van der Waals surface area contributed by atoms with E-state index < -0.39 is 0 Å². The quantitative estimate of drug-likeness (QED) is 0.596. The van der Waals surface area contributed by atoms with E-state index in [0.717, 1.165) is 11.2 Å². The molecule has 0 aromatic carbocycles. The van der Waals surface area contributed by atoms with Gasteiger partial charge in [0.2, 0.25) is 0 Å². The van der Waals surface area contributed by atoms with E-state index in [9.17, 15) is 0 Å². The third-order valence-corrected chi connectivity index (χ3v) is 2.55. The van der Waals surface area contributed by atoms with Crippen LogP contribution in [0, 0.1) is 5.92 Å². The van der Waals surface area contributed by atoms with Crippen LogP contribution in [-0.2, 0) is 0 Å². The summed E-state index contributed by atoms with van der Waals surface area (Å²) in [6.45, 7) is 10.6. The molecule has 0 spiro atoms. The molecule has 0 aliphatic rings. The third-order valence-electron chi connectivity index (χ3n) is 2.20. The zero-order valence-corrected chi connectivity index (χ0v) is 10.9. The lowest BCUT2D eigenvalue weighted by molar-refractivity contribution is 0.279. The number of alkyl halides is 1. The van der Waals surface area contributed by atoms with Crippen molar-refractivity contribution in [3.8, 4) is 0 Å². The summed E-state index contributed by atoms with van der Waals surface area (Å²) in [5, 5.41) is 1.11. The Morgan fingerprint density at radius 3 is 2.31 bits per heavy atom. The third kappa shape index (κ3) is 8.76. The first-order valence-electron chi connectivity index (χ1n) is 5.49. The number of rotatable bonds is 8. The molecular formula is C11H24BrN. The Hall–Kier alpha value is 0.440. The normalized spacial score (nSPS) is 11.5. The lowest BCUT2D eigenvalue weighted by Crippen LogP contribution is -2.27. The summed E-state index contributed by atoms with van der Waals surface area (Å²) in [4.78, 5) is 2.55. The van der Waals surface area contributed by atoms with Crippen molar-refractivity contribution in [1.82, 2.24) is 4.90 Å². The van der Waals surface area contributed by atoms with Crippen LogP contribution in [0.1, 0.15) is 40.0 Å². The van der Waals surface area contributed by atoms with Gasteiger partial charge in [0.25, 0.3) is 0 Å². The molecule has 2 heteroatoms. The largest absolute Gasteiger partial charge is 0.303 e. The topological polar surface area (TPSA) is 3.24 Å². The minimum Gasteiger partial charge on any atom is -0.303 e. The van der Waals surface area contributed by atoms with Gasteiger partial charge in [-0.1, -0.05) is 36.7 Å². The van der Waals surface area contributed by atoms with E-state index in [4.69, 9.17) is 0 Å². The smallest absolute Gasteiger partial charge is 0.0159 e. The maximum Gasteiger partial charge on any atom is 0.0159 e. The summed E-state index contributed by atoms with van der Waals surface area (Å²) >= 11 is 3.50. The van der Waals surface area contributed by atoms with Crippen molar-refractivity contribution < 1.29 is 0 Å². The predicted molar refractivity (Wildman–Crippen MR) is 64.6 cm³/mol. The molecule has 0 rings (SSSR count). The highest BCUT2D eigenvalue weighted by Gasteiger charge is 2.02. The summed E-state index contributed by atoms with van der Waals surface area (Å²) < 4.78 is 0. The van der Waals surface area contributed by atoms with Crippen molar-refractivity contribution in [3.05, 3.63) is 0 Å². The molecule has 0 radical (unpaired) electrons. The van der Waals surface area contributed by atoms with E-state index in [1.807, 2.05) is 0 Å². The van der Waals surface area contributed by atoms with Crippen LogP contribution in [0.5, 0.6) is 0 Å². The average Bonchev–Trinajstić information content (AvgIpc) is 2.04. The molecule has 0 aromatic rings. The molecule has 0 aliphatic carbocycles. The van der Waals surface area contributed by atoms with Crippen LogP contribution in [0.2, 0.25) is 0 Å². The maximum absolute atomic E-state index is 3.50. The summed E-state index contributed by atoms with van der Waals surface area (Å²) in [5.41, 5.74) is 0. The summed E-state index contributed by atoms with van der Waals surface area (Å²) in [6.07, 6.45) is 3.99. The van der Waals surface area contributed by atoms with Crippen LogP contribution in [0.25, 0.3) is 0 Å². The second-order valence-corrected chi connectivity index (χ2v) is 4.86. The fraction of sp³-hybridized carbons (Fsp3) is 1.00. The first-order valence-corrected chi connectivity index (χ1v) is 6.61. The van der Waals surface area contributed by atoms with Gasteiger partial charge in [0, 0.05) is 11.9 Å². The zero-order valence-electron chi connectivity index (χ0n) is 9.35. The van der Waals surface area contributed by atoms with Gasteiger partial charge in [0.05, 0.1) is 0 Å². The maximum atomic E-state index is 3.50. The second kappa shape index (κ2) is 9.01. The van der Waals surface area contributed by atoms with Crippen molar-refractivity contribution >= 4 is 15.9 Å². The van der Waals surface area contributed by atoms with Crippen molar-refractivity contribution in [2.75, 3.05) is 25.0 Å². The molecule has 0 saturated heterocycles. The van der Waals surface area contributed by atoms with E-state index in [1.165, 1.54) is 38.9 Å². The van der Waals surface area contributed by atoms with Crippen molar-refractivity contribution in [2.45, 2.75) is 40.0 Å². The molecule has 1 nitrogen and oxygen atoms in total. The number of nitrogens with zero attached hydrogens (tertiary/aromatic N) is 1. The molecule has 0 N–H and O–H groups in total. The molecule has 0 saturated carbocycles. The molecule has 0 unspecified atom stereocenters. The molecule has 0 atom stereocenters. The first kappa shape index (κ1) is 13.4. The van der Waals surface area contributed by atoms with Gasteiger partial charge in [-0.3, -0.25) is 0 Å². The summed E-state index contributed by atoms with van der Waals surface area (Å²) in [7, 11) is 0. The minimum absolute atomic E-state index is 0.854. The van der Waals surface area contributed by atoms with Gasteiger partial charge in [-0.15, -0.1) is 0 Å². The molecule has 13 heavy (non-hydrogen) atoms. The van der Waals surface area contributed by atoms with E-state index in [2.05, 4.69) is 41.6 Å². The minimum atomic E-state index is 0.854. The van der Waals surface area contributed by atoms with Crippen molar-refractivity contribution in [1.29, 1.82) is 0 Å². The van der Waals surface area contributed by atoms with Crippen LogP contribution in [0.15, 0.2) is 0 Å². The van der Waals surface area contributed by atoms with Crippen molar-refractivity contribution in [2.24, 2.45) is 5.92 Å². The standard InChI is InChI=1S/C11H24BrN/c1-4-8-13(10-7-12)9-5-6-11(2)3/h11H,4-10H2,1-3H3. The SMILES string of the molecule is CCCN(CCBr)CCCC(C)C.